The Morgan fingerprint density at radius 1 is 1.10 bits per heavy atom. The fraction of sp³-hybridized carbons (Fsp3) is 0.375. The second-order valence-electron chi connectivity index (χ2n) is 7.47. The summed E-state index contributed by atoms with van der Waals surface area (Å²) in [5.74, 6) is -0.761. The molecule has 1 saturated heterocycles. The van der Waals surface area contributed by atoms with Crippen molar-refractivity contribution in [3.8, 4) is 0 Å². The number of amides is 2. The van der Waals surface area contributed by atoms with Crippen molar-refractivity contribution in [2.75, 3.05) is 18.0 Å². The van der Waals surface area contributed by atoms with Crippen LogP contribution in [0.5, 0.6) is 0 Å². The molecule has 1 N–H and O–H groups in total. The van der Waals surface area contributed by atoms with Gasteiger partial charge < -0.3 is 15.0 Å². The molecule has 2 aromatic carbocycles. The molecule has 30 heavy (non-hydrogen) atoms. The van der Waals surface area contributed by atoms with Gasteiger partial charge in [-0.2, -0.15) is 0 Å². The summed E-state index contributed by atoms with van der Waals surface area (Å²) in [6.45, 7) is 4.68. The topological polar surface area (TPSA) is 75.7 Å². The van der Waals surface area contributed by atoms with Crippen molar-refractivity contribution in [1.82, 2.24) is 5.32 Å². The van der Waals surface area contributed by atoms with Crippen molar-refractivity contribution in [1.29, 1.82) is 0 Å². The predicted octanol–water partition coefficient (Wildman–Crippen LogP) is 3.67. The molecule has 1 fully saturated rings. The zero-order valence-electron chi connectivity index (χ0n) is 17.5. The van der Waals surface area contributed by atoms with Gasteiger partial charge in [-0.25, -0.2) is 4.79 Å². The molecule has 2 aromatic rings. The smallest absolute Gasteiger partial charge is 0.341 e. The lowest BCUT2D eigenvalue weighted by atomic mass is 9.96. The molecule has 2 atom stereocenters. The van der Waals surface area contributed by atoms with Crippen molar-refractivity contribution < 1.29 is 19.1 Å². The summed E-state index contributed by atoms with van der Waals surface area (Å²) in [6.07, 6.45) is 1.19. The number of carbonyl (C=O) groups excluding carboxylic acids is 3. The quantitative estimate of drug-likeness (QED) is 0.676. The zero-order valence-corrected chi connectivity index (χ0v) is 17.5. The van der Waals surface area contributed by atoms with Crippen molar-refractivity contribution in [2.24, 2.45) is 0 Å². The molecule has 0 unspecified atom stereocenters. The van der Waals surface area contributed by atoms with E-state index >= 15 is 0 Å². The zero-order chi connectivity index (χ0) is 21.5. The predicted molar refractivity (Wildman–Crippen MR) is 115 cm³/mol. The van der Waals surface area contributed by atoms with E-state index in [1.807, 2.05) is 30.3 Å². The van der Waals surface area contributed by atoms with E-state index in [0.717, 1.165) is 18.4 Å². The van der Waals surface area contributed by atoms with Gasteiger partial charge in [0.25, 0.3) is 5.91 Å². The lowest BCUT2D eigenvalue weighted by Crippen LogP contribution is -2.38. The van der Waals surface area contributed by atoms with Gasteiger partial charge in [0.1, 0.15) is 0 Å². The Morgan fingerprint density at radius 3 is 2.47 bits per heavy atom. The summed E-state index contributed by atoms with van der Waals surface area (Å²) in [4.78, 5) is 38.9. The molecular weight excluding hydrogens is 380 g/mol. The number of anilines is 1. The largest absolute Gasteiger partial charge is 0.449 e. The SMILES string of the molecule is CC[C@@H](CNC(=O)[C@H](C)OC(=O)c1ccccc1N1CCCC1=O)c1ccccc1. The highest BCUT2D eigenvalue weighted by atomic mass is 16.5. The summed E-state index contributed by atoms with van der Waals surface area (Å²) < 4.78 is 5.42. The molecule has 2 amide bonds. The van der Waals surface area contributed by atoms with Crippen LogP contribution in [0.1, 0.15) is 54.9 Å². The Labute approximate surface area is 177 Å². The van der Waals surface area contributed by atoms with E-state index in [9.17, 15) is 14.4 Å². The van der Waals surface area contributed by atoms with Gasteiger partial charge in [0.2, 0.25) is 5.91 Å². The van der Waals surface area contributed by atoms with Crippen LogP contribution in [0.2, 0.25) is 0 Å². The summed E-state index contributed by atoms with van der Waals surface area (Å²) in [5.41, 5.74) is 1.99. The monoisotopic (exact) mass is 408 g/mol. The summed E-state index contributed by atoms with van der Waals surface area (Å²) in [6, 6.07) is 16.9. The first-order chi connectivity index (χ1) is 14.5. The highest BCUT2D eigenvalue weighted by Gasteiger charge is 2.27. The van der Waals surface area contributed by atoms with E-state index in [4.69, 9.17) is 4.74 Å². The molecule has 158 valence electrons. The van der Waals surface area contributed by atoms with Gasteiger partial charge in [0.15, 0.2) is 6.10 Å². The number of nitrogens with zero attached hydrogens (tertiary/aromatic N) is 1. The fourth-order valence-corrected chi connectivity index (χ4v) is 3.65. The highest BCUT2D eigenvalue weighted by Crippen LogP contribution is 2.26. The number of benzene rings is 2. The second-order valence-corrected chi connectivity index (χ2v) is 7.47. The van der Waals surface area contributed by atoms with Crippen LogP contribution in [0.4, 0.5) is 5.69 Å². The van der Waals surface area contributed by atoms with Crippen LogP contribution in [-0.4, -0.2) is 37.0 Å². The number of ether oxygens (including phenoxy) is 1. The first-order valence-electron chi connectivity index (χ1n) is 10.4. The number of rotatable bonds is 8. The van der Waals surface area contributed by atoms with Gasteiger partial charge in [-0.3, -0.25) is 9.59 Å². The fourth-order valence-electron chi connectivity index (χ4n) is 3.65. The average Bonchev–Trinajstić information content (AvgIpc) is 3.20. The highest BCUT2D eigenvalue weighted by molar-refractivity contribution is 6.04. The van der Waals surface area contributed by atoms with Crippen LogP contribution >= 0.6 is 0 Å². The molecule has 0 aliphatic carbocycles. The third-order valence-corrected chi connectivity index (χ3v) is 5.43. The third-order valence-electron chi connectivity index (χ3n) is 5.43. The summed E-state index contributed by atoms with van der Waals surface area (Å²) in [5, 5.41) is 2.88. The molecule has 0 saturated carbocycles. The number of esters is 1. The Bertz CT molecular complexity index is 897. The van der Waals surface area contributed by atoms with Gasteiger partial charge in [-0.1, -0.05) is 49.4 Å². The van der Waals surface area contributed by atoms with Gasteiger partial charge in [-0.15, -0.1) is 0 Å². The van der Waals surface area contributed by atoms with Crippen LogP contribution in [0, 0.1) is 0 Å². The third kappa shape index (κ3) is 5.06. The average molecular weight is 408 g/mol. The normalized spacial score (nSPS) is 15.5. The minimum Gasteiger partial charge on any atom is -0.449 e. The molecule has 0 spiro atoms. The number of nitrogens with one attached hydrogen (secondary N) is 1. The molecule has 1 heterocycles. The maximum absolute atomic E-state index is 12.7. The molecule has 0 aromatic heterocycles. The Balaban J connectivity index is 1.60. The van der Waals surface area contributed by atoms with Crippen LogP contribution in [0.15, 0.2) is 54.6 Å². The molecule has 0 radical (unpaired) electrons. The van der Waals surface area contributed by atoms with Crippen molar-refractivity contribution in [3.05, 3.63) is 65.7 Å². The van der Waals surface area contributed by atoms with Gasteiger partial charge in [0.05, 0.1) is 11.3 Å². The summed E-state index contributed by atoms with van der Waals surface area (Å²) in [7, 11) is 0. The van der Waals surface area contributed by atoms with E-state index in [1.165, 1.54) is 0 Å². The van der Waals surface area contributed by atoms with Gasteiger partial charge >= 0.3 is 5.97 Å². The van der Waals surface area contributed by atoms with E-state index < -0.39 is 12.1 Å². The molecule has 0 bridgehead atoms. The van der Waals surface area contributed by atoms with Crippen molar-refractivity contribution >= 4 is 23.5 Å². The second kappa shape index (κ2) is 10.1. The number of hydrogen-bond donors (Lipinski definition) is 1. The lowest BCUT2D eigenvalue weighted by Gasteiger charge is -2.21. The molecule has 1 aliphatic rings. The van der Waals surface area contributed by atoms with Crippen LogP contribution in [-0.2, 0) is 14.3 Å². The Hall–Kier alpha value is -3.15. The van der Waals surface area contributed by atoms with E-state index in [0.29, 0.717) is 30.8 Å². The minimum absolute atomic E-state index is 0.00689. The van der Waals surface area contributed by atoms with Gasteiger partial charge in [-0.05, 0) is 37.5 Å². The minimum atomic E-state index is -0.937. The standard InChI is InChI=1S/C24H28N2O4/c1-3-18(19-10-5-4-6-11-19)16-25-23(28)17(2)30-24(29)20-12-7-8-13-21(20)26-15-9-14-22(26)27/h4-8,10-13,17-18H,3,9,14-16H2,1-2H3,(H,25,28)/t17-,18-/m0/s1. The van der Waals surface area contributed by atoms with E-state index in [-0.39, 0.29) is 17.7 Å². The molecule has 3 rings (SSSR count). The maximum atomic E-state index is 12.7. The number of carbonyl (C=O) groups is 3. The molecule has 1 aliphatic heterocycles. The molecule has 6 heteroatoms. The number of hydrogen-bond acceptors (Lipinski definition) is 4. The van der Waals surface area contributed by atoms with Crippen LogP contribution in [0.25, 0.3) is 0 Å². The van der Waals surface area contributed by atoms with Crippen molar-refractivity contribution in [3.63, 3.8) is 0 Å². The number of para-hydroxylation sites is 1. The van der Waals surface area contributed by atoms with Gasteiger partial charge in [0, 0.05) is 25.4 Å². The Kier molecular flexibility index (Phi) is 7.22. The Morgan fingerprint density at radius 2 is 1.80 bits per heavy atom. The summed E-state index contributed by atoms with van der Waals surface area (Å²) >= 11 is 0. The van der Waals surface area contributed by atoms with Crippen LogP contribution in [0.3, 0.4) is 0 Å². The molecule has 6 nitrogen and oxygen atoms in total. The molecular formula is C24H28N2O4. The van der Waals surface area contributed by atoms with Crippen molar-refractivity contribution in [2.45, 2.75) is 45.1 Å². The van der Waals surface area contributed by atoms with E-state index in [1.54, 1.807) is 36.1 Å². The first-order valence-corrected chi connectivity index (χ1v) is 10.4. The lowest BCUT2D eigenvalue weighted by molar-refractivity contribution is -0.129. The first kappa shape index (κ1) is 21.6. The van der Waals surface area contributed by atoms with Crippen LogP contribution < -0.4 is 10.2 Å². The van der Waals surface area contributed by atoms with E-state index in [2.05, 4.69) is 12.2 Å². The maximum Gasteiger partial charge on any atom is 0.341 e.